The van der Waals surface area contributed by atoms with Gasteiger partial charge in [0.2, 0.25) is 0 Å². The Morgan fingerprint density at radius 2 is 1.87 bits per heavy atom. The summed E-state index contributed by atoms with van der Waals surface area (Å²) in [6.07, 6.45) is 1.40. The first kappa shape index (κ1) is 19.8. The highest BCUT2D eigenvalue weighted by Crippen LogP contribution is 2.22. The van der Waals surface area contributed by atoms with Crippen molar-refractivity contribution in [1.82, 2.24) is 25.1 Å². The highest BCUT2D eigenvalue weighted by molar-refractivity contribution is 7.12. The molecule has 10 nitrogen and oxygen atoms in total. The second-order valence-corrected chi connectivity index (χ2v) is 7.45. The summed E-state index contributed by atoms with van der Waals surface area (Å²) in [5.74, 6) is 0.0299. The van der Waals surface area contributed by atoms with Crippen molar-refractivity contribution in [1.29, 1.82) is 0 Å². The molecule has 2 aromatic heterocycles. The summed E-state index contributed by atoms with van der Waals surface area (Å²) in [4.78, 5) is 29.2. The predicted octanol–water partition coefficient (Wildman–Crippen LogP) is 1.24. The van der Waals surface area contributed by atoms with E-state index in [2.05, 4.69) is 20.4 Å². The van der Waals surface area contributed by atoms with Crippen molar-refractivity contribution in [2.24, 2.45) is 0 Å². The molecule has 0 N–H and O–H groups in total. The van der Waals surface area contributed by atoms with Crippen molar-refractivity contribution in [3.05, 3.63) is 46.9 Å². The SMILES string of the molecule is COc1ccc(N2CCN(C(=O)COC(=O)c3sccc3-n3cnnn3)CC2)cc1. The first-order chi connectivity index (χ1) is 14.7. The standard InChI is InChI=1S/C19H20N6O4S/c1-28-15-4-2-14(3-5-15)23-7-9-24(10-8-23)17(26)12-29-19(27)18-16(6-11-30-18)25-13-20-21-22-25/h2-6,11,13H,7-10,12H2,1H3. The van der Waals surface area contributed by atoms with Gasteiger partial charge in [0.05, 0.1) is 12.8 Å². The van der Waals surface area contributed by atoms with Crippen LogP contribution in [0.15, 0.2) is 42.0 Å². The van der Waals surface area contributed by atoms with Crippen LogP contribution < -0.4 is 9.64 Å². The molecular formula is C19H20N6O4S. The third-order valence-corrected chi connectivity index (χ3v) is 5.71. The number of hydrogen-bond donors (Lipinski definition) is 0. The summed E-state index contributed by atoms with van der Waals surface area (Å²) >= 11 is 1.21. The Bertz CT molecular complexity index is 996. The molecule has 1 aliphatic rings. The molecule has 3 aromatic rings. The smallest absolute Gasteiger partial charge is 0.351 e. The zero-order chi connectivity index (χ0) is 20.9. The molecule has 1 saturated heterocycles. The van der Waals surface area contributed by atoms with E-state index in [4.69, 9.17) is 9.47 Å². The summed E-state index contributed by atoms with van der Waals surface area (Å²) < 4.78 is 11.8. The van der Waals surface area contributed by atoms with E-state index < -0.39 is 5.97 Å². The van der Waals surface area contributed by atoms with Crippen molar-refractivity contribution < 1.29 is 19.1 Å². The molecule has 0 radical (unpaired) electrons. The van der Waals surface area contributed by atoms with Crippen LogP contribution in [0.25, 0.3) is 5.69 Å². The van der Waals surface area contributed by atoms with E-state index >= 15 is 0 Å². The molecule has 0 spiro atoms. The minimum absolute atomic E-state index is 0.210. The van der Waals surface area contributed by atoms with E-state index in [0.717, 1.165) is 11.4 Å². The second kappa shape index (κ2) is 8.91. The summed E-state index contributed by atoms with van der Waals surface area (Å²) in [5.41, 5.74) is 1.61. The lowest BCUT2D eigenvalue weighted by atomic mass is 10.2. The van der Waals surface area contributed by atoms with Crippen LogP contribution in [0.1, 0.15) is 9.67 Å². The van der Waals surface area contributed by atoms with Crippen LogP contribution in [0.3, 0.4) is 0 Å². The molecule has 1 aliphatic heterocycles. The van der Waals surface area contributed by atoms with E-state index in [1.165, 1.54) is 22.3 Å². The number of esters is 1. The number of thiophene rings is 1. The normalized spacial score (nSPS) is 13.9. The Morgan fingerprint density at radius 3 is 2.53 bits per heavy atom. The van der Waals surface area contributed by atoms with Gasteiger partial charge in [-0.2, -0.15) is 4.68 Å². The molecule has 1 amide bonds. The van der Waals surface area contributed by atoms with Crippen molar-refractivity contribution in [2.45, 2.75) is 0 Å². The molecule has 1 aromatic carbocycles. The molecule has 0 unspecified atom stereocenters. The number of benzene rings is 1. The number of amides is 1. The zero-order valence-electron chi connectivity index (χ0n) is 16.3. The monoisotopic (exact) mass is 428 g/mol. The molecule has 156 valence electrons. The molecule has 0 bridgehead atoms. The van der Waals surface area contributed by atoms with Gasteiger partial charge in [0.25, 0.3) is 5.91 Å². The number of carbonyl (C=O) groups is 2. The molecule has 0 saturated carbocycles. The van der Waals surface area contributed by atoms with Crippen molar-refractivity contribution in [3.63, 3.8) is 0 Å². The molecule has 4 rings (SSSR count). The number of carbonyl (C=O) groups excluding carboxylic acids is 2. The first-order valence-electron chi connectivity index (χ1n) is 9.30. The molecule has 0 atom stereocenters. The van der Waals surface area contributed by atoms with Gasteiger partial charge in [-0.1, -0.05) is 0 Å². The quantitative estimate of drug-likeness (QED) is 0.541. The summed E-state index contributed by atoms with van der Waals surface area (Å²) in [5, 5.41) is 12.7. The van der Waals surface area contributed by atoms with Gasteiger partial charge in [0, 0.05) is 31.9 Å². The van der Waals surface area contributed by atoms with Crippen LogP contribution in [0, 0.1) is 0 Å². The predicted molar refractivity (Wildman–Crippen MR) is 109 cm³/mol. The molecule has 30 heavy (non-hydrogen) atoms. The summed E-state index contributed by atoms with van der Waals surface area (Å²) in [7, 11) is 1.64. The third kappa shape index (κ3) is 4.25. The lowest BCUT2D eigenvalue weighted by Gasteiger charge is -2.36. The van der Waals surface area contributed by atoms with Gasteiger partial charge in [-0.3, -0.25) is 4.79 Å². The molecule has 11 heteroatoms. The minimum Gasteiger partial charge on any atom is -0.497 e. The fourth-order valence-corrected chi connectivity index (χ4v) is 3.97. The zero-order valence-corrected chi connectivity index (χ0v) is 17.1. The Morgan fingerprint density at radius 1 is 1.10 bits per heavy atom. The van der Waals surface area contributed by atoms with Gasteiger partial charge in [-0.05, 0) is 46.1 Å². The van der Waals surface area contributed by atoms with Crippen LogP contribution in [-0.2, 0) is 9.53 Å². The maximum Gasteiger partial charge on any atom is 0.351 e. The number of piperazine rings is 1. The fourth-order valence-electron chi connectivity index (χ4n) is 3.20. The van der Waals surface area contributed by atoms with Gasteiger partial charge >= 0.3 is 5.97 Å². The van der Waals surface area contributed by atoms with Crippen LogP contribution in [0.4, 0.5) is 5.69 Å². The maximum atomic E-state index is 12.5. The highest BCUT2D eigenvalue weighted by Gasteiger charge is 2.24. The van der Waals surface area contributed by atoms with E-state index in [9.17, 15) is 9.59 Å². The van der Waals surface area contributed by atoms with Gasteiger partial charge in [-0.25, -0.2) is 4.79 Å². The molecule has 3 heterocycles. The topological polar surface area (TPSA) is 103 Å². The second-order valence-electron chi connectivity index (χ2n) is 6.53. The Balaban J connectivity index is 1.28. The van der Waals surface area contributed by atoms with E-state index in [-0.39, 0.29) is 12.5 Å². The van der Waals surface area contributed by atoms with Gasteiger partial charge in [-0.15, -0.1) is 16.4 Å². The van der Waals surface area contributed by atoms with Crippen LogP contribution in [0.5, 0.6) is 5.75 Å². The summed E-state index contributed by atoms with van der Waals surface area (Å²) in [6, 6.07) is 9.56. The van der Waals surface area contributed by atoms with Crippen LogP contribution in [-0.4, -0.2) is 76.9 Å². The van der Waals surface area contributed by atoms with E-state index in [1.807, 2.05) is 24.3 Å². The number of aromatic nitrogens is 4. The first-order valence-corrected chi connectivity index (χ1v) is 10.2. The third-order valence-electron chi connectivity index (χ3n) is 4.82. The van der Waals surface area contributed by atoms with Crippen molar-refractivity contribution in [2.75, 3.05) is 44.8 Å². The Labute approximate surface area is 176 Å². The fraction of sp³-hybridized carbons (Fsp3) is 0.316. The van der Waals surface area contributed by atoms with E-state index in [1.54, 1.807) is 23.5 Å². The highest BCUT2D eigenvalue weighted by atomic mass is 32.1. The average Bonchev–Trinajstić information content (AvgIpc) is 3.49. The minimum atomic E-state index is -0.569. The number of methoxy groups -OCH3 is 1. The van der Waals surface area contributed by atoms with Crippen LogP contribution in [0.2, 0.25) is 0 Å². The van der Waals surface area contributed by atoms with Crippen molar-refractivity contribution in [3.8, 4) is 11.4 Å². The summed E-state index contributed by atoms with van der Waals surface area (Å²) in [6.45, 7) is 2.25. The van der Waals surface area contributed by atoms with Gasteiger partial charge in [0.15, 0.2) is 6.61 Å². The lowest BCUT2D eigenvalue weighted by Crippen LogP contribution is -2.49. The Kier molecular flexibility index (Phi) is 5.89. The van der Waals surface area contributed by atoms with E-state index in [0.29, 0.717) is 36.7 Å². The van der Waals surface area contributed by atoms with Crippen molar-refractivity contribution >= 4 is 28.9 Å². The molecule has 1 fully saturated rings. The average molecular weight is 428 g/mol. The number of rotatable bonds is 6. The Hall–Kier alpha value is -3.47. The number of ether oxygens (including phenoxy) is 2. The number of tetrazole rings is 1. The van der Waals surface area contributed by atoms with Gasteiger partial charge < -0.3 is 19.3 Å². The largest absolute Gasteiger partial charge is 0.497 e. The lowest BCUT2D eigenvalue weighted by molar-refractivity contribution is -0.134. The number of nitrogens with zero attached hydrogens (tertiary/aromatic N) is 6. The van der Waals surface area contributed by atoms with Gasteiger partial charge in [0.1, 0.15) is 17.0 Å². The van der Waals surface area contributed by atoms with Crippen LogP contribution >= 0.6 is 11.3 Å². The number of anilines is 1. The molecule has 0 aliphatic carbocycles. The maximum absolute atomic E-state index is 12.5. The molecular weight excluding hydrogens is 408 g/mol. The number of hydrogen-bond acceptors (Lipinski definition) is 9.